The Balaban J connectivity index is 1.82. The molecule has 0 aliphatic carbocycles. The van der Waals surface area contributed by atoms with E-state index in [1.54, 1.807) is 0 Å². The first-order chi connectivity index (χ1) is 9.26. The lowest BCUT2D eigenvalue weighted by Gasteiger charge is -2.23. The molecule has 1 aliphatic rings. The van der Waals surface area contributed by atoms with Crippen molar-refractivity contribution in [2.45, 2.75) is 25.8 Å². The number of aromatic nitrogens is 2. The summed E-state index contributed by atoms with van der Waals surface area (Å²) in [5.74, 6) is 1.45. The number of aliphatic hydroxyl groups is 1. The third-order valence-corrected chi connectivity index (χ3v) is 4.06. The van der Waals surface area contributed by atoms with Crippen molar-refractivity contribution in [3.05, 3.63) is 52.6 Å². The topological polar surface area (TPSA) is 38.1 Å². The fraction of sp³-hybridized carbons (Fsp3) is 0.400. The molecule has 0 saturated carbocycles. The van der Waals surface area contributed by atoms with Crippen molar-refractivity contribution >= 4 is 11.6 Å². The molecule has 1 atom stereocenters. The van der Waals surface area contributed by atoms with Crippen LogP contribution in [-0.4, -0.2) is 21.3 Å². The van der Waals surface area contributed by atoms with E-state index >= 15 is 0 Å². The van der Waals surface area contributed by atoms with Crippen LogP contribution < -0.4 is 0 Å². The Morgan fingerprint density at radius 2 is 2.11 bits per heavy atom. The molecule has 1 N–H and O–H groups in total. The number of benzene rings is 1. The molecule has 1 unspecified atom stereocenters. The number of aliphatic hydroxyl groups excluding tert-OH is 1. The number of rotatable bonds is 3. The molecule has 3 rings (SSSR count). The van der Waals surface area contributed by atoms with Gasteiger partial charge in [-0.2, -0.15) is 0 Å². The van der Waals surface area contributed by atoms with E-state index in [9.17, 15) is 5.11 Å². The molecule has 1 aliphatic heterocycles. The predicted octanol–water partition coefficient (Wildman–Crippen LogP) is 2.68. The molecule has 0 saturated heterocycles. The Labute approximate surface area is 117 Å². The second-order valence-electron chi connectivity index (χ2n) is 5.17. The van der Waals surface area contributed by atoms with Crippen molar-refractivity contribution < 1.29 is 5.11 Å². The van der Waals surface area contributed by atoms with Crippen LogP contribution >= 0.6 is 11.6 Å². The molecule has 4 heteroatoms. The van der Waals surface area contributed by atoms with Crippen LogP contribution in [0.2, 0.25) is 5.02 Å². The zero-order chi connectivity index (χ0) is 13.2. The molecule has 2 heterocycles. The number of hydrogen-bond donors (Lipinski definition) is 1. The Kier molecular flexibility index (Phi) is 3.58. The highest BCUT2D eigenvalue weighted by atomic mass is 35.5. The molecule has 0 fully saturated rings. The van der Waals surface area contributed by atoms with Crippen molar-refractivity contribution in [2.75, 3.05) is 6.61 Å². The normalized spacial score (nSPS) is 18.3. The molecule has 0 radical (unpaired) electrons. The number of fused-ring (bicyclic) bond motifs is 1. The minimum Gasteiger partial charge on any atom is -0.396 e. The van der Waals surface area contributed by atoms with Crippen LogP contribution in [0.4, 0.5) is 0 Å². The highest BCUT2D eigenvalue weighted by Crippen LogP contribution is 2.23. The summed E-state index contributed by atoms with van der Waals surface area (Å²) in [5, 5.41) is 10.1. The molecule has 3 nitrogen and oxygen atoms in total. The van der Waals surface area contributed by atoms with Crippen molar-refractivity contribution in [3.8, 4) is 0 Å². The van der Waals surface area contributed by atoms with E-state index in [1.807, 2.05) is 30.5 Å². The van der Waals surface area contributed by atoms with Crippen molar-refractivity contribution in [1.29, 1.82) is 0 Å². The predicted molar refractivity (Wildman–Crippen MR) is 75.4 cm³/mol. The maximum absolute atomic E-state index is 9.32. The van der Waals surface area contributed by atoms with Gasteiger partial charge in [0.2, 0.25) is 0 Å². The van der Waals surface area contributed by atoms with E-state index in [-0.39, 0.29) is 6.61 Å². The lowest BCUT2D eigenvalue weighted by molar-refractivity contribution is 0.190. The first-order valence-corrected chi connectivity index (χ1v) is 7.02. The van der Waals surface area contributed by atoms with Gasteiger partial charge in [-0.25, -0.2) is 4.98 Å². The quantitative estimate of drug-likeness (QED) is 0.936. The van der Waals surface area contributed by atoms with E-state index < -0.39 is 0 Å². The van der Waals surface area contributed by atoms with Gasteiger partial charge in [0.05, 0.1) is 0 Å². The zero-order valence-corrected chi connectivity index (χ0v) is 11.5. The highest BCUT2D eigenvalue weighted by Gasteiger charge is 2.20. The van der Waals surface area contributed by atoms with Crippen LogP contribution in [0.3, 0.4) is 0 Å². The third kappa shape index (κ3) is 2.67. The number of aryl methyl sites for hydroxylation is 1. The molecule has 100 valence electrons. The summed E-state index contributed by atoms with van der Waals surface area (Å²) in [4.78, 5) is 4.53. The zero-order valence-electron chi connectivity index (χ0n) is 10.7. The first-order valence-electron chi connectivity index (χ1n) is 6.65. The molecular weight excluding hydrogens is 260 g/mol. The van der Waals surface area contributed by atoms with Crippen LogP contribution in [0.15, 0.2) is 30.5 Å². The number of imidazole rings is 1. The largest absolute Gasteiger partial charge is 0.396 e. The fourth-order valence-electron chi connectivity index (χ4n) is 2.65. The fourth-order valence-corrected chi connectivity index (χ4v) is 2.78. The van der Waals surface area contributed by atoms with Gasteiger partial charge in [-0.3, -0.25) is 0 Å². The van der Waals surface area contributed by atoms with Crippen LogP contribution in [0.5, 0.6) is 0 Å². The van der Waals surface area contributed by atoms with Gasteiger partial charge < -0.3 is 9.67 Å². The lowest BCUT2D eigenvalue weighted by atomic mass is 9.99. The third-order valence-electron chi connectivity index (χ3n) is 3.80. The molecule has 2 aromatic rings. The van der Waals surface area contributed by atoms with Crippen LogP contribution in [0, 0.1) is 5.92 Å². The van der Waals surface area contributed by atoms with Crippen LogP contribution in [0.25, 0.3) is 0 Å². The Morgan fingerprint density at radius 3 is 2.84 bits per heavy atom. The van der Waals surface area contributed by atoms with Crippen LogP contribution in [0.1, 0.15) is 23.5 Å². The van der Waals surface area contributed by atoms with Gasteiger partial charge >= 0.3 is 0 Å². The summed E-state index contributed by atoms with van der Waals surface area (Å²) in [6, 6.07) is 7.90. The minimum absolute atomic E-state index is 0.262. The number of halogens is 1. The maximum atomic E-state index is 9.32. The summed E-state index contributed by atoms with van der Waals surface area (Å²) in [6.45, 7) is 1.15. The first kappa shape index (κ1) is 12.7. The smallest absolute Gasteiger partial charge is 0.113 e. The molecule has 0 amide bonds. The summed E-state index contributed by atoms with van der Waals surface area (Å²) in [7, 11) is 0. The lowest BCUT2D eigenvalue weighted by Crippen LogP contribution is -2.24. The second-order valence-corrected chi connectivity index (χ2v) is 5.60. The molecule has 0 bridgehead atoms. The number of nitrogens with zero attached hydrogens (tertiary/aromatic N) is 2. The average Bonchev–Trinajstić information content (AvgIpc) is 2.84. The monoisotopic (exact) mass is 276 g/mol. The summed E-state index contributed by atoms with van der Waals surface area (Å²) in [6.07, 6.45) is 4.86. The second kappa shape index (κ2) is 5.35. The van der Waals surface area contributed by atoms with E-state index in [0.29, 0.717) is 5.92 Å². The minimum atomic E-state index is 0.262. The molecule has 1 aromatic heterocycles. The van der Waals surface area contributed by atoms with E-state index in [0.717, 1.165) is 36.7 Å². The molecule has 0 spiro atoms. The average molecular weight is 277 g/mol. The van der Waals surface area contributed by atoms with Gasteiger partial charge in [0.25, 0.3) is 0 Å². The van der Waals surface area contributed by atoms with E-state index in [1.165, 1.54) is 11.3 Å². The Bertz CT molecular complexity index is 562. The van der Waals surface area contributed by atoms with Crippen molar-refractivity contribution in [3.63, 3.8) is 0 Å². The van der Waals surface area contributed by atoms with Gasteiger partial charge in [0.15, 0.2) is 0 Å². The highest BCUT2D eigenvalue weighted by molar-refractivity contribution is 6.30. The van der Waals surface area contributed by atoms with Crippen molar-refractivity contribution in [1.82, 2.24) is 9.55 Å². The molecule has 19 heavy (non-hydrogen) atoms. The van der Waals surface area contributed by atoms with E-state index in [4.69, 9.17) is 11.6 Å². The van der Waals surface area contributed by atoms with Gasteiger partial charge in [-0.1, -0.05) is 23.7 Å². The van der Waals surface area contributed by atoms with Crippen LogP contribution in [-0.2, 0) is 19.4 Å². The molecular formula is C15H17ClN2O. The maximum Gasteiger partial charge on any atom is 0.113 e. The van der Waals surface area contributed by atoms with Gasteiger partial charge in [-0.05, 0) is 30.5 Å². The SMILES string of the molecule is OCC1CCc2cnc(Cc3ccc(Cl)cc3)n2C1. The van der Waals surface area contributed by atoms with Crippen molar-refractivity contribution in [2.24, 2.45) is 5.92 Å². The number of hydrogen-bond acceptors (Lipinski definition) is 2. The summed E-state index contributed by atoms with van der Waals surface area (Å²) >= 11 is 5.90. The van der Waals surface area contributed by atoms with E-state index in [2.05, 4.69) is 9.55 Å². The Morgan fingerprint density at radius 1 is 1.32 bits per heavy atom. The molecule has 1 aromatic carbocycles. The van der Waals surface area contributed by atoms with Gasteiger partial charge in [0, 0.05) is 42.4 Å². The van der Waals surface area contributed by atoms with Gasteiger partial charge in [-0.15, -0.1) is 0 Å². The Hall–Kier alpha value is -1.32. The summed E-state index contributed by atoms with van der Waals surface area (Å²) in [5.41, 5.74) is 2.50. The van der Waals surface area contributed by atoms with Gasteiger partial charge in [0.1, 0.15) is 5.82 Å². The standard InChI is InChI=1S/C15H17ClN2O/c16-13-4-1-11(2-5-13)7-15-17-8-14-6-3-12(10-19)9-18(14)15/h1-2,4-5,8,12,19H,3,6-7,9-10H2. The summed E-state index contributed by atoms with van der Waals surface area (Å²) < 4.78 is 2.26.